The van der Waals surface area contributed by atoms with Crippen LogP contribution < -0.4 is 0 Å². The lowest BCUT2D eigenvalue weighted by Crippen LogP contribution is -2.12. The number of sulfone groups is 1. The molecule has 0 saturated heterocycles. The van der Waals surface area contributed by atoms with Gasteiger partial charge in [-0.05, 0) is 60.5 Å². The van der Waals surface area contributed by atoms with E-state index >= 15 is 0 Å². The fraction of sp³-hybridized carbons (Fsp3) is 0.238. The third kappa shape index (κ3) is 3.91. The average Bonchev–Trinajstić information content (AvgIpc) is 2.71. The first-order chi connectivity index (χ1) is 11.9. The summed E-state index contributed by atoms with van der Waals surface area (Å²) in [6, 6.07) is 13.6. The van der Waals surface area contributed by atoms with E-state index in [-0.39, 0.29) is 0 Å². The van der Waals surface area contributed by atoms with E-state index in [9.17, 15) is 8.42 Å². The standard InChI is InChI=1S/C21H23NO2S/c1-22(2)14-6-9-20-19-8-5-4-7-16(19)10-11-17-12-13-18(15-21(17)20)25(3,23)24/h4-5,7-13,15H,6,14H2,1-3H3. The molecular formula is C21H23NO2S. The van der Waals surface area contributed by atoms with Gasteiger partial charge in [0.2, 0.25) is 0 Å². The van der Waals surface area contributed by atoms with Crippen LogP contribution in [0, 0.1) is 0 Å². The summed E-state index contributed by atoms with van der Waals surface area (Å²) < 4.78 is 24.0. The predicted molar refractivity (Wildman–Crippen MR) is 105 cm³/mol. The highest BCUT2D eigenvalue weighted by Crippen LogP contribution is 2.35. The summed E-state index contributed by atoms with van der Waals surface area (Å²) in [5.74, 6) is 0. The van der Waals surface area contributed by atoms with Crippen LogP contribution in [-0.4, -0.2) is 40.2 Å². The van der Waals surface area contributed by atoms with Gasteiger partial charge in [0.15, 0.2) is 9.84 Å². The van der Waals surface area contributed by atoms with Crippen LogP contribution in [0.15, 0.2) is 53.4 Å². The molecule has 0 radical (unpaired) electrons. The molecule has 0 aliphatic heterocycles. The van der Waals surface area contributed by atoms with E-state index in [0.29, 0.717) is 4.90 Å². The van der Waals surface area contributed by atoms with Crippen LogP contribution >= 0.6 is 0 Å². The lowest BCUT2D eigenvalue weighted by molar-refractivity contribution is 0.417. The van der Waals surface area contributed by atoms with Gasteiger partial charge in [0.05, 0.1) is 4.90 Å². The Hall–Kier alpha value is -2.17. The molecule has 0 saturated carbocycles. The summed E-state index contributed by atoms with van der Waals surface area (Å²) in [6.45, 7) is 0.945. The Balaban J connectivity index is 2.19. The van der Waals surface area contributed by atoms with Gasteiger partial charge in [-0.15, -0.1) is 0 Å². The van der Waals surface area contributed by atoms with Crippen molar-refractivity contribution in [1.82, 2.24) is 4.90 Å². The number of nitrogens with zero attached hydrogens (tertiary/aromatic N) is 1. The van der Waals surface area contributed by atoms with Crippen molar-refractivity contribution < 1.29 is 8.42 Å². The number of fused-ring (bicyclic) bond motifs is 2. The fourth-order valence-corrected chi connectivity index (χ4v) is 3.69. The molecule has 1 aliphatic carbocycles. The quantitative estimate of drug-likeness (QED) is 0.712. The van der Waals surface area contributed by atoms with Crippen LogP contribution in [0.25, 0.3) is 17.7 Å². The van der Waals surface area contributed by atoms with Gasteiger partial charge in [-0.25, -0.2) is 8.42 Å². The van der Waals surface area contributed by atoms with Gasteiger partial charge in [-0.3, -0.25) is 0 Å². The molecule has 2 aromatic carbocycles. The molecule has 1 aliphatic rings. The summed E-state index contributed by atoms with van der Waals surface area (Å²) in [7, 11) is 0.862. The third-order valence-corrected chi connectivity index (χ3v) is 5.47. The van der Waals surface area contributed by atoms with Crippen molar-refractivity contribution in [3.8, 4) is 0 Å². The summed E-state index contributed by atoms with van der Waals surface area (Å²) >= 11 is 0. The second kappa shape index (κ2) is 6.98. The van der Waals surface area contributed by atoms with Gasteiger partial charge >= 0.3 is 0 Å². The Labute approximate surface area is 150 Å². The lowest BCUT2D eigenvalue weighted by atomic mass is 9.93. The van der Waals surface area contributed by atoms with E-state index in [4.69, 9.17) is 0 Å². The van der Waals surface area contributed by atoms with Crippen LogP contribution in [0.3, 0.4) is 0 Å². The van der Waals surface area contributed by atoms with Gasteiger partial charge in [0.25, 0.3) is 0 Å². The molecule has 3 rings (SSSR count). The third-order valence-electron chi connectivity index (χ3n) is 4.36. The zero-order valence-corrected chi connectivity index (χ0v) is 15.7. The van der Waals surface area contributed by atoms with Crippen molar-refractivity contribution in [3.63, 3.8) is 0 Å². The van der Waals surface area contributed by atoms with Crippen LogP contribution in [0.5, 0.6) is 0 Å². The molecule has 0 aromatic heterocycles. The van der Waals surface area contributed by atoms with Crippen molar-refractivity contribution in [3.05, 3.63) is 70.8 Å². The summed E-state index contributed by atoms with van der Waals surface area (Å²) in [5.41, 5.74) is 5.41. The summed E-state index contributed by atoms with van der Waals surface area (Å²) in [5, 5.41) is 0. The second-order valence-corrected chi connectivity index (χ2v) is 8.67. The van der Waals surface area contributed by atoms with Crippen molar-refractivity contribution in [2.24, 2.45) is 0 Å². The molecule has 0 amide bonds. The van der Waals surface area contributed by atoms with Crippen LogP contribution in [0.2, 0.25) is 0 Å². The number of rotatable bonds is 4. The largest absolute Gasteiger partial charge is 0.309 e. The molecule has 0 heterocycles. The molecule has 3 nitrogen and oxygen atoms in total. The molecule has 4 heteroatoms. The van der Waals surface area contributed by atoms with Gasteiger partial charge in [0.1, 0.15) is 0 Å². The van der Waals surface area contributed by atoms with E-state index in [1.54, 1.807) is 12.1 Å². The molecule has 0 N–H and O–H groups in total. The molecule has 0 atom stereocenters. The Kier molecular flexibility index (Phi) is 4.93. The van der Waals surface area contributed by atoms with E-state index < -0.39 is 9.84 Å². The Morgan fingerprint density at radius 2 is 1.64 bits per heavy atom. The van der Waals surface area contributed by atoms with Gasteiger partial charge in [-0.2, -0.15) is 0 Å². The minimum absolute atomic E-state index is 0.359. The molecular weight excluding hydrogens is 330 g/mol. The number of hydrogen-bond acceptors (Lipinski definition) is 3. The highest BCUT2D eigenvalue weighted by atomic mass is 32.2. The van der Waals surface area contributed by atoms with Crippen molar-refractivity contribution in [2.45, 2.75) is 11.3 Å². The van der Waals surface area contributed by atoms with Crippen LogP contribution in [-0.2, 0) is 9.84 Å². The minimum Gasteiger partial charge on any atom is -0.309 e. The summed E-state index contributed by atoms with van der Waals surface area (Å²) in [4.78, 5) is 2.50. The molecule has 25 heavy (non-hydrogen) atoms. The zero-order chi connectivity index (χ0) is 18.0. The van der Waals surface area contributed by atoms with Crippen LogP contribution in [0.1, 0.15) is 28.7 Å². The Morgan fingerprint density at radius 3 is 2.32 bits per heavy atom. The van der Waals surface area contributed by atoms with Gasteiger partial charge < -0.3 is 4.90 Å². The topological polar surface area (TPSA) is 37.4 Å². The second-order valence-electron chi connectivity index (χ2n) is 6.65. The minimum atomic E-state index is -3.24. The normalized spacial score (nSPS) is 15.1. The van der Waals surface area contributed by atoms with E-state index in [2.05, 4.69) is 49.4 Å². The molecule has 130 valence electrons. The highest BCUT2D eigenvalue weighted by molar-refractivity contribution is 7.90. The first kappa shape index (κ1) is 17.6. The number of benzene rings is 2. The molecule has 2 aromatic rings. The van der Waals surface area contributed by atoms with E-state index in [1.807, 2.05) is 18.2 Å². The zero-order valence-electron chi connectivity index (χ0n) is 14.9. The van der Waals surface area contributed by atoms with Crippen molar-refractivity contribution in [1.29, 1.82) is 0 Å². The first-order valence-corrected chi connectivity index (χ1v) is 10.2. The van der Waals surface area contributed by atoms with Gasteiger partial charge in [-0.1, -0.05) is 48.6 Å². The van der Waals surface area contributed by atoms with E-state index in [0.717, 1.165) is 40.8 Å². The van der Waals surface area contributed by atoms with Gasteiger partial charge in [0, 0.05) is 12.8 Å². The van der Waals surface area contributed by atoms with Crippen LogP contribution in [0.4, 0.5) is 0 Å². The average molecular weight is 353 g/mol. The SMILES string of the molecule is CN(C)CCC=C1c2ccccc2C=Cc2ccc(S(C)(=O)=O)cc21. The monoisotopic (exact) mass is 353 g/mol. The molecule has 0 unspecified atom stereocenters. The highest BCUT2D eigenvalue weighted by Gasteiger charge is 2.17. The van der Waals surface area contributed by atoms with E-state index in [1.165, 1.54) is 6.26 Å². The Bertz CT molecular complexity index is 954. The lowest BCUT2D eigenvalue weighted by Gasteiger charge is -2.14. The first-order valence-electron chi connectivity index (χ1n) is 8.33. The maximum atomic E-state index is 12.0. The maximum Gasteiger partial charge on any atom is 0.175 e. The smallest absolute Gasteiger partial charge is 0.175 e. The Morgan fingerprint density at radius 1 is 0.960 bits per heavy atom. The fourth-order valence-electron chi connectivity index (χ4n) is 3.04. The number of hydrogen-bond donors (Lipinski definition) is 0. The summed E-state index contributed by atoms with van der Waals surface area (Å²) in [6.07, 6.45) is 8.54. The molecule has 0 bridgehead atoms. The molecule has 0 spiro atoms. The predicted octanol–water partition coefficient (Wildman–Crippen LogP) is 3.96. The van der Waals surface area contributed by atoms with Crippen molar-refractivity contribution in [2.75, 3.05) is 26.9 Å². The van der Waals surface area contributed by atoms with Crippen molar-refractivity contribution >= 4 is 27.6 Å². The maximum absolute atomic E-state index is 12.0. The molecule has 0 fully saturated rings.